The number of nitrogens with zero attached hydrogens (tertiary/aromatic N) is 2. The van der Waals surface area contributed by atoms with Crippen molar-refractivity contribution in [1.82, 2.24) is 10.2 Å². The molecule has 1 aromatic heterocycles. The van der Waals surface area contributed by atoms with Crippen molar-refractivity contribution in [2.75, 3.05) is 11.8 Å². The molecule has 96 valence electrons. The highest BCUT2D eigenvalue weighted by molar-refractivity contribution is 7.93. The number of hydrogen-bond donors (Lipinski definition) is 1. The van der Waals surface area contributed by atoms with Crippen molar-refractivity contribution in [3.63, 3.8) is 0 Å². The molecule has 18 heavy (non-hydrogen) atoms. The van der Waals surface area contributed by atoms with E-state index >= 15 is 0 Å². The van der Waals surface area contributed by atoms with Crippen LogP contribution in [0.4, 0.5) is 5.13 Å². The van der Waals surface area contributed by atoms with E-state index in [0.29, 0.717) is 5.19 Å². The zero-order valence-corrected chi connectivity index (χ0v) is 11.4. The van der Waals surface area contributed by atoms with Crippen molar-refractivity contribution in [2.24, 2.45) is 0 Å². The molecule has 6 nitrogen and oxygen atoms in total. The van der Waals surface area contributed by atoms with Crippen LogP contribution >= 0.6 is 11.3 Å². The average molecular weight is 285 g/mol. The second-order valence-corrected chi connectivity index (χ2v) is 6.12. The van der Waals surface area contributed by atoms with Gasteiger partial charge in [0, 0.05) is 0 Å². The quantitative estimate of drug-likeness (QED) is 0.924. The molecule has 0 aliphatic carbocycles. The topological polar surface area (TPSA) is 81.2 Å². The number of anilines is 1. The molecule has 1 heterocycles. The molecule has 0 atom stereocenters. The van der Waals surface area contributed by atoms with Crippen LogP contribution in [0, 0.1) is 6.92 Å². The van der Waals surface area contributed by atoms with E-state index in [-0.39, 0.29) is 10.0 Å². The summed E-state index contributed by atoms with van der Waals surface area (Å²) < 4.78 is 31.2. The van der Waals surface area contributed by atoms with Gasteiger partial charge in [-0.05, 0) is 30.4 Å². The van der Waals surface area contributed by atoms with Gasteiger partial charge in [0.05, 0.1) is 12.0 Å². The summed E-state index contributed by atoms with van der Waals surface area (Å²) in [6, 6.07) is 6.54. The number of aromatic nitrogens is 2. The molecular weight excluding hydrogens is 274 g/mol. The minimum atomic E-state index is -3.62. The number of hydrogen-bond acceptors (Lipinski definition) is 6. The highest BCUT2D eigenvalue weighted by Crippen LogP contribution is 2.24. The number of sulfonamides is 1. The van der Waals surface area contributed by atoms with Crippen molar-refractivity contribution in [3.05, 3.63) is 29.8 Å². The van der Waals surface area contributed by atoms with Crippen molar-refractivity contribution in [1.29, 1.82) is 0 Å². The summed E-state index contributed by atoms with van der Waals surface area (Å²) in [5.74, 6) is 0. The van der Waals surface area contributed by atoms with Crippen LogP contribution in [0.1, 0.15) is 5.56 Å². The number of aryl methyl sites for hydroxylation is 1. The first kappa shape index (κ1) is 12.8. The number of nitrogens with one attached hydrogen (secondary N) is 1. The number of ether oxygens (including phenoxy) is 1. The first-order valence-electron chi connectivity index (χ1n) is 4.98. The summed E-state index contributed by atoms with van der Waals surface area (Å²) >= 11 is 1.02. The highest BCUT2D eigenvalue weighted by Gasteiger charge is 2.16. The van der Waals surface area contributed by atoms with Crippen molar-refractivity contribution >= 4 is 26.5 Å². The fourth-order valence-electron chi connectivity index (χ4n) is 1.22. The molecule has 0 saturated carbocycles. The fraction of sp³-hybridized carbons (Fsp3) is 0.200. The van der Waals surface area contributed by atoms with E-state index < -0.39 is 10.0 Å². The third kappa shape index (κ3) is 2.77. The maximum Gasteiger partial charge on any atom is 0.295 e. The Bertz CT molecular complexity index is 635. The van der Waals surface area contributed by atoms with Gasteiger partial charge in [-0.25, -0.2) is 8.42 Å². The molecule has 0 unspecified atom stereocenters. The normalized spacial score (nSPS) is 11.2. The van der Waals surface area contributed by atoms with Crippen LogP contribution in [-0.4, -0.2) is 25.7 Å². The van der Waals surface area contributed by atoms with Crippen LogP contribution in [0.3, 0.4) is 0 Å². The SMILES string of the molecule is COc1nnc(NS(=O)(=O)c2ccc(C)cc2)s1. The maximum atomic E-state index is 12.0. The lowest BCUT2D eigenvalue weighted by molar-refractivity contribution is 0.407. The summed E-state index contributed by atoms with van der Waals surface area (Å²) in [4.78, 5) is 0.183. The van der Waals surface area contributed by atoms with Gasteiger partial charge in [-0.15, -0.1) is 5.10 Å². The largest absolute Gasteiger partial charge is 0.472 e. The monoisotopic (exact) mass is 285 g/mol. The molecule has 1 aromatic carbocycles. The molecule has 0 spiro atoms. The van der Waals surface area contributed by atoms with E-state index in [4.69, 9.17) is 4.74 Å². The second kappa shape index (κ2) is 4.91. The van der Waals surface area contributed by atoms with E-state index in [1.54, 1.807) is 12.1 Å². The fourth-order valence-corrected chi connectivity index (χ4v) is 3.02. The van der Waals surface area contributed by atoms with E-state index in [1.165, 1.54) is 19.2 Å². The molecule has 0 bridgehead atoms. The number of benzene rings is 1. The van der Waals surface area contributed by atoms with Crippen LogP contribution in [-0.2, 0) is 10.0 Å². The van der Waals surface area contributed by atoms with Gasteiger partial charge in [0.25, 0.3) is 15.2 Å². The van der Waals surface area contributed by atoms with Crippen LogP contribution in [0.2, 0.25) is 0 Å². The Morgan fingerprint density at radius 1 is 1.22 bits per heavy atom. The molecule has 2 aromatic rings. The minimum absolute atomic E-state index is 0.174. The van der Waals surface area contributed by atoms with E-state index in [2.05, 4.69) is 14.9 Å². The molecule has 1 N–H and O–H groups in total. The number of methoxy groups -OCH3 is 1. The Morgan fingerprint density at radius 3 is 2.44 bits per heavy atom. The van der Waals surface area contributed by atoms with Crippen LogP contribution in [0.15, 0.2) is 29.2 Å². The molecule has 0 radical (unpaired) electrons. The molecule has 0 fully saturated rings. The van der Waals surface area contributed by atoms with E-state index in [1.807, 2.05) is 6.92 Å². The maximum absolute atomic E-state index is 12.0. The van der Waals surface area contributed by atoms with Gasteiger partial charge in [0.1, 0.15) is 0 Å². The molecular formula is C10H11N3O3S2. The Kier molecular flexibility index (Phi) is 3.48. The molecule has 0 aliphatic heterocycles. The molecule has 0 amide bonds. The lowest BCUT2D eigenvalue weighted by Crippen LogP contribution is -2.12. The van der Waals surface area contributed by atoms with Gasteiger partial charge < -0.3 is 4.74 Å². The lowest BCUT2D eigenvalue weighted by atomic mass is 10.2. The van der Waals surface area contributed by atoms with Crippen LogP contribution in [0.5, 0.6) is 5.19 Å². The summed E-state index contributed by atoms with van der Waals surface area (Å²) in [5.41, 5.74) is 0.992. The van der Waals surface area contributed by atoms with E-state index in [0.717, 1.165) is 16.9 Å². The molecule has 2 rings (SSSR count). The van der Waals surface area contributed by atoms with Gasteiger partial charge in [0.2, 0.25) is 5.13 Å². The van der Waals surface area contributed by atoms with Crippen LogP contribution in [0.25, 0.3) is 0 Å². The molecule has 0 saturated heterocycles. The first-order valence-corrected chi connectivity index (χ1v) is 7.28. The zero-order valence-electron chi connectivity index (χ0n) is 9.75. The van der Waals surface area contributed by atoms with Crippen molar-refractivity contribution < 1.29 is 13.2 Å². The third-order valence-corrected chi connectivity index (χ3v) is 4.42. The van der Waals surface area contributed by atoms with E-state index in [9.17, 15) is 8.42 Å². The molecule has 8 heteroatoms. The van der Waals surface area contributed by atoms with Gasteiger partial charge in [-0.3, -0.25) is 4.72 Å². The predicted octanol–water partition coefficient (Wildman–Crippen LogP) is 1.66. The first-order chi connectivity index (χ1) is 8.51. The Balaban J connectivity index is 2.24. The lowest BCUT2D eigenvalue weighted by Gasteiger charge is -2.04. The summed E-state index contributed by atoms with van der Waals surface area (Å²) in [5, 5.41) is 7.79. The van der Waals surface area contributed by atoms with Crippen molar-refractivity contribution in [3.8, 4) is 5.19 Å². The summed E-state index contributed by atoms with van der Waals surface area (Å²) in [6.07, 6.45) is 0. The van der Waals surface area contributed by atoms with Gasteiger partial charge in [-0.2, -0.15) is 0 Å². The summed E-state index contributed by atoms with van der Waals surface area (Å²) in [7, 11) is -2.18. The van der Waals surface area contributed by atoms with Crippen molar-refractivity contribution in [2.45, 2.75) is 11.8 Å². The van der Waals surface area contributed by atoms with Gasteiger partial charge in [0.15, 0.2) is 0 Å². The Labute approximate surface area is 109 Å². The zero-order chi connectivity index (χ0) is 13.2. The van der Waals surface area contributed by atoms with Gasteiger partial charge >= 0.3 is 0 Å². The smallest absolute Gasteiger partial charge is 0.295 e. The molecule has 0 aliphatic rings. The van der Waals surface area contributed by atoms with Crippen LogP contribution < -0.4 is 9.46 Å². The standard InChI is InChI=1S/C10H11N3O3S2/c1-7-3-5-8(6-4-7)18(14,15)13-9-11-12-10(16-2)17-9/h3-6H,1-2H3,(H,11,13). The Morgan fingerprint density at radius 2 is 1.89 bits per heavy atom. The Hall–Kier alpha value is -1.67. The minimum Gasteiger partial charge on any atom is -0.472 e. The highest BCUT2D eigenvalue weighted by atomic mass is 32.2. The van der Waals surface area contributed by atoms with Gasteiger partial charge in [-0.1, -0.05) is 22.8 Å². The third-order valence-electron chi connectivity index (χ3n) is 2.13. The second-order valence-electron chi connectivity index (χ2n) is 3.50. The average Bonchev–Trinajstić information content (AvgIpc) is 2.76. The summed E-state index contributed by atoms with van der Waals surface area (Å²) in [6.45, 7) is 1.89. The number of rotatable bonds is 4. The predicted molar refractivity (Wildman–Crippen MR) is 68.4 cm³/mol.